The molecular formula is C29H49NO2. The summed E-state index contributed by atoms with van der Waals surface area (Å²) in [5.41, 5.74) is 7.21. The van der Waals surface area contributed by atoms with E-state index < -0.39 is 11.4 Å². The molecule has 32 heavy (non-hydrogen) atoms. The van der Waals surface area contributed by atoms with E-state index in [0.29, 0.717) is 40.0 Å². The molecule has 0 heterocycles. The molecule has 5 aliphatic rings. The van der Waals surface area contributed by atoms with E-state index in [9.17, 15) is 9.90 Å². The summed E-state index contributed by atoms with van der Waals surface area (Å²) in [7, 11) is 0. The van der Waals surface area contributed by atoms with E-state index in [-0.39, 0.29) is 0 Å². The average molecular weight is 444 g/mol. The highest BCUT2D eigenvalue weighted by Gasteiger charge is 2.69. The van der Waals surface area contributed by atoms with Crippen LogP contribution in [0.4, 0.5) is 0 Å². The summed E-state index contributed by atoms with van der Waals surface area (Å²) in [6.07, 6.45) is 14.7. The van der Waals surface area contributed by atoms with Crippen LogP contribution in [0, 0.1) is 51.2 Å². The molecule has 8 unspecified atom stereocenters. The van der Waals surface area contributed by atoms with Gasteiger partial charge in [0.15, 0.2) is 0 Å². The SMILES string of the molecule is C=CC.CC1C(N)CCC2(C)C1CCC1(C)C2CCC2[C@H]3CCCC3(C(=O)O)CC[C@]21C. The Morgan fingerprint density at radius 3 is 2.25 bits per heavy atom. The number of rotatable bonds is 1. The van der Waals surface area contributed by atoms with Gasteiger partial charge < -0.3 is 10.8 Å². The summed E-state index contributed by atoms with van der Waals surface area (Å²) in [5, 5.41) is 10.2. The fourth-order valence-electron chi connectivity index (χ4n) is 10.6. The van der Waals surface area contributed by atoms with E-state index in [2.05, 4.69) is 34.3 Å². The van der Waals surface area contributed by atoms with E-state index in [1.807, 2.05) is 6.92 Å². The van der Waals surface area contributed by atoms with E-state index in [0.717, 1.165) is 43.9 Å². The second kappa shape index (κ2) is 8.14. The molecule has 0 aromatic carbocycles. The van der Waals surface area contributed by atoms with Crippen LogP contribution < -0.4 is 5.73 Å². The average Bonchev–Trinajstić information content (AvgIpc) is 3.18. The zero-order chi connectivity index (χ0) is 23.5. The third-order valence-electron chi connectivity index (χ3n) is 12.5. The first kappa shape index (κ1) is 24.3. The third kappa shape index (κ3) is 3.05. The Balaban J connectivity index is 0.000000775. The molecule has 0 amide bonds. The van der Waals surface area contributed by atoms with Crippen LogP contribution in [0.5, 0.6) is 0 Å². The number of aliphatic carboxylic acids is 1. The number of nitrogens with two attached hydrogens (primary N) is 1. The maximum atomic E-state index is 12.4. The Hall–Kier alpha value is -0.830. The molecule has 3 N–H and O–H groups in total. The van der Waals surface area contributed by atoms with Crippen molar-refractivity contribution in [3.05, 3.63) is 12.7 Å². The molecular weight excluding hydrogens is 394 g/mol. The monoisotopic (exact) mass is 443 g/mol. The number of hydrogen-bond acceptors (Lipinski definition) is 2. The predicted octanol–water partition coefficient (Wildman–Crippen LogP) is 7.06. The highest BCUT2D eigenvalue weighted by atomic mass is 16.4. The molecule has 0 saturated heterocycles. The van der Waals surface area contributed by atoms with E-state index in [4.69, 9.17) is 5.73 Å². The molecule has 5 aliphatic carbocycles. The zero-order valence-corrected chi connectivity index (χ0v) is 21.5. The Kier molecular flexibility index (Phi) is 6.18. The van der Waals surface area contributed by atoms with Gasteiger partial charge in [0.2, 0.25) is 0 Å². The van der Waals surface area contributed by atoms with Crippen molar-refractivity contribution >= 4 is 5.97 Å². The Labute approximate surface area is 197 Å². The maximum absolute atomic E-state index is 12.4. The summed E-state index contributed by atoms with van der Waals surface area (Å²) in [4.78, 5) is 12.4. The first-order valence-corrected chi connectivity index (χ1v) is 13.6. The van der Waals surface area contributed by atoms with Gasteiger partial charge in [-0.25, -0.2) is 0 Å². The van der Waals surface area contributed by atoms with Gasteiger partial charge in [0, 0.05) is 6.04 Å². The normalized spacial score (nSPS) is 54.1. The van der Waals surface area contributed by atoms with Crippen molar-refractivity contribution in [3.63, 3.8) is 0 Å². The van der Waals surface area contributed by atoms with E-state index in [1.165, 1.54) is 38.5 Å². The summed E-state index contributed by atoms with van der Waals surface area (Å²) in [6.45, 7) is 15.5. The van der Waals surface area contributed by atoms with Crippen molar-refractivity contribution in [1.29, 1.82) is 0 Å². The van der Waals surface area contributed by atoms with Crippen LogP contribution in [-0.4, -0.2) is 17.1 Å². The number of carboxylic acids is 1. The lowest BCUT2D eigenvalue weighted by Crippen LogP contribution is -2.65. The smallest absolute Gasteiger partial charge is 0.309 e. The quantitative estimate of drug-likeness (QED) is 0.427. The summed E-state index contributed by atoms with van der Waals surface area (Å²) < 4.78 is 0. The Bertz CT molecular complexity index is 749. The molecule has 5 saturated carbocycles. The lowest BCUT2D eigenvalue weighted by Gasteiger charge is -2.71. The fourth-order valence-corrected chi connectivity index (χ4v) is 10.6. The zero-order valence-electron chi connectivity index (χ0n) is 21.5. The van der Waals surface area contributed by atoms with Crippen molar-refractivity contribution in [2.24, 2.45) is 57.0 Å². The van der Waals surface area contributed by atoms with Gasteiger partial charge in [-0.15, -0.1) is 6.58 Å². The number of allylic oxidation sites excluding steroid dienone is 1. The largest absolute Gasteiger partial charge is 0.481 e. The standard InChI is InChI=1S/C26H43NO2.C3H6/c1-16-17-9-13-25(4)21(23(17,2)12-10-20(16)27)8-7-18-19-6-5-11-26(19,22(28)29)15-14-24(18,25)3;1-3-2/h16-21H,5-15,27H2,1-4H3,(H,28,29);3H,1H2,2H3/t16?,17?,18?,19-,20?,21?,23?,24-,25?,26?;/m1./s1. The van der Waals surface area contributed by atoms with Gasteiger partial charge in [-0.1, -0.05) is 40.2 Å². The van der Waals surface area contributed by atoms with Crippen molar-refractivity contribution < 1.29 is 9.90 Å². The fraction of sp³-hybridized carbons (Fsp3) is 0.897. The molecule has 182 valence electrons. The molecule has 0 bridgehead atoms. The van der Waals surface area contributed by atoms with E-state index >= 15 is 0 Å². The first-order chi connectivity index (χ1) is 15.0. The van der Waals surface area contributed by atoms with Crippen LogP contribution in [0.25, 0.3) is 0 Å². The lowest BCUT2D eigenvalue weighted by atomic mass is 9.33. The number of carboxylic acid groups (broad SMARTS) is 1. The van der Waals surface area contributed by atoms with Crippen LogP contribution in [0.2, 0.25) is 0 Å². The van der Waals surface area contributed by atoms with Gasteiger partial charge in [0.05, 0.1) is 5.41 Å². The predicted molar refractivity (Wildman–Crippen MR) is 132 cm³/mol. The van der Waals surface area contributed by atoms with Crippen LogP contribution in [0.15, 0.2) is 12.7 Å². The molecule has 0 aromatic rings. The highest BCUT2D eigenvalue weighted by molar-refractivity contribution is 5.76. The van der Waals surface area contributed by atoms with Crippen molar-refractivity contribution in [3.8, 4) is 0 Å². The second-order valence-corrected chi connectivity index (χ2v) is 13.2. The molecule has 0 aromatic heterocycles. The van der Waals surface area contributed by atoms with Gasteiger partial charge in [0.1, 0.15) is 0 Å². The number of carbonyl (C=O) groups is 1. The summed E-state index contributed by atoms with van der Waals surface area (Å²) in [6, 6.07) is 0.383. The van der Waals surface area contributed by atoms with Crippen LogP contribution in [0.3, 0.4) is 0 Å². The van der Waals surface area contributed by atoms with Crippen LogP contribution >= 0.6 is 0 Å². The topological polar surface area (TPSA) is 63.3 Å². The van der Waals surface area contributed by atoms with Crippen LogP contribution in [0.1, 0.15) is 105 Å². The number of fused-ring (bicyclic) bond motifs is 7. The maximum Gasteiger partial charge on any atom is 0.309 e. The first-order valence-electron chi connectivity index (χ1n) is 13.6. The summed E-state index contributed by atoms with van der Waals surface area (Å²) >= 11 is 0. The minimum absolute atomic E-state index is 0.306. The Morgan fingerprint density at radius 2 is 1.59 bits per heavy atom. The van der Waals surface area contributed by atoms with E-state index in [1.54, 1.807) is 6.08 Å². The molecule has 10 atom stereocenters. The lowest BCUT2D eigenvalue weighted by molar-refractivity contribution is -0.228. The Morgan fingerprint density at radius 1 is 0.906 bits per heavy atom. The second-order valence-electron chi connectivity index (χ2n) is 13.2. The molecule has 5 fully saturated rings. The minimum Gasteiger partial charge on any atom is -0.481 e. The molecule has 0 aliphatic heterocycles. The van der Waals surface area contributed by atoms with Crippen molar-refractivity contribution in [2.75, 3.05) is 0 Å². The third-order valence-corrected chi connectivity index (χ3v) is 12.5. The van der Waals surface area contributed by atoms with Gasteiger partial charge >= 0.3 is 5.97 Å². The van der Waals surface area contributed by atoms with Gasteiger partial charge in [-0.3, -0.25) is 4.79 Å². The molecule has 5 rings (SSSR count). The van der Waals surface area contributed by atoms with Gasteiger partial charge in [0.25, 0.3) is 0 Å². The van der Waals surface area contributed by atoms with Crippen molar-refractivity contribution in [1.82, 2.24) is 0 Å². The number of hydrogen-bond donors (Lipinski definition) is 2. The molecule has 0 spiro atoms. The van der Waals surface area contributed by atoms with Gasteiger partial charge in [-0.05, 0) is 117 Å². The van der Waals surface area contributed by atoms with Crippen LogP contribution in [-0.2, 0) is 4.79 Å². The highest BCUT2D eigenvalue weighted by Crippen LogP contribution is 2.75. The summed E-state index contributed by atoms with van der Waals surface area (Å²) in [5.74, 6) is 2.74. The minimum atomic E-state index is -0.486. The molecule has 0 radical (unpaired) electrons. The van der Waals surface area contributed by atoms with Gasteiger partial charge in [-0.2, -0.15) is 0 Å². The van der Waals surface area contributed by atoms with Crippen molar-refractivity contribution in [2.45, 2.75) is 111 Å². The molecule has 3 heteroatoms. The molecule has 3 nitrogen and oxygen atoms in total.